The normalized spacial score (nSPS) is 22.4. The van der Waals surface area contributed by atoms with Gasteiger partial charge in [-0.05, 0) is 19.4 Å². The predicted molar refractivity (Wildman–Crippen MR) is 81.2 cm³/mol. The number of hydrogen-bond donors (Lipinski definition) is 0. The molecular formula is C17H18N2O4. The smallest absolute Gasteiger partial charge is 0.303 e. The molecule has 3 heterocycles. The highest BCUT2D eigenvalue weighted by molar-refractivity contribution is 6.27. The van der Waals surface area contributed by atoms with E-state index in [0.29, 0.717) is 35.5 Å². The second kappa shape index (κ2) is 4.57. The van der Waals surface area contributed by atoms with Gasteiger partial charge in [-0.3, -0.25) is 14.4 Å². The number of ketones is 2. The maximum Gasteiger partial charge on any atom is 0.303 e. The standard InChI is InChI=1S/C17H18N2O4/c1-8-12-15(19-5-4-11(13(8)19)23-10(3)20)16(21)9(2)14(17(12)22)18-6-7-18/h11H,4-7H2,1-3H3. The Balaban J connectivity index is 1.88. The number of fused-ring (bicyclic) bond motifs is 3. The monoisotopic (exact) mass is 314 g/mol. The van der Waals surface area contributed by atoms with Crippen molar-refractivity contribution in [1.29, 1.82) is 0 Å². The molecule has 6 nitrogen and oxygen atoms in total. The molecule has 1 unspecified atom stereocenters. The van der Waals surface area contributed by atoms with Gasteiger partial charge in [0.1, 0.15) is 11.8 Å². The Labute approximate surface area is 133 Å². The van der Waals surface area contributed by atoms with Crippen molar-refractivity contribution in [1.82, 2.24) is 9.47 Å². The van der Waals surface area contributed by atoms with Gasteiger partial charge in [-0.25, -0.2) is 0 Å². The number of nitrogens with zero attached hydrogens (tertiary/aromatic N) is 2. The van der Waals surface area contributed by atoms with Crippen LogP contribution in [-0.4, -0.2) is 40.1 Å². The van der Waals surface area contributed by atoms with Gasteiger partial charge < -0.3 is 14.2 Å². The van der Waals surface area contributed by atoms with Crippen molar-refractivity contribution in [2.24, 2.45) is 0 Å². The second-order valence-corrected chi connectivity index (χ2v) is 6.39. The number of carbonyl (C=O) groups excluding carboxylic acids is 3. The molecule has 0 spiro atoms. The molecule has 2 aliphatic heterocycles. The van der Waals surface area contributed by atoms with Crippen molar-refractivity contribution in [2.75, 3.05) is 13.1 Å². The minimum Gasteiger partial charge on any atom is -0.456 e. The van der Waals surface area contributed by atoms with E-state index in [1.165, 1.54) is 6.92 Å². The molecule has 1 atom stereocenters. The lowest BCUT2D eigenvalue weighted by Gasteiger charge is -2.19. The van der Waals surface area contributed by atoms with Gasteiger partial charge in [0.2, 0.25) is 11.6 Å². The van der Waals surface area contributed by atoms with Crippen molar-refractivity contribution >= 4 is 17.5 Å². The van der Waals surface area contributed by atoms with Crippen molar-refractivity contribution in [3.05, 3.63) is 33.8 Å². The summed E-state index contributed by atoms with van der Waals surface area (Å²) in [5.41, 5.74) is 3.60. The van der Waals surface area contributed by atoms with Crippen LogP contribution in [0.25, 0.3) is 0 Å². The Bertz CT molecular complexity index is 811. The van der Waals surface area contributed by atoms with Crippen molar-refractivity contribution in [3.8, 4) is 0 Å². The van der Waals surface area contributed by atoms with Crippen LogP contribution in [0.5, 0.6) is 0 Å². The summed E-state index contributed by atoms with van der Waals surface area (Å²) in [5, 5.41) is 0. The third kappa shape index (κ3) is 1.84. The van der Waals surface area contributed by atoms with Gasteiger partial charge in [-0.2, -0.15) is 0 Å². The van der Waals surface area contributed by atoms with Gasteiger partial charge in [0.05, 0.1) is 17.0 Å². The first-order valence-corrected chi connectivity index (χ1v) is 7.87. The van der Waals surface area contributed by atoms with Crippen molar-refractivity contribution < 1.29 is 19.1 Å². The summed E-state index contributed by atoms with van der Waals surface area (Å²) < 4.78 is 7.25. The number of rotatable bonds is 2. The zero-order valence-corrected chi connectivity index (χ0v) is 13.4. The third-order valence-electron chi connectivity index (χ3n) is 4.90. The summed E-state index contributed by atoms with van der Waals surface area (Å²) in [6.07, 6.45) is 0.274. The quantitative estimate of drug-likeness (QED) is 0.615. The molecule has 0 radical (unpaired) electrons. The van der Waals surface area contributed by atoms with Gasteiger partial charge in [-0.1, -0.05) is 0 Å². The Morgan fingerprint density at radius 3 is 2.43 bits per heavy atom. The summed E-state index contributed by atoms with van der Waals surface area (Å²) >= 11 is 0. The molecule has 6 heteroatoms. The largest absolute Gasteiger partial charge is 0.456 e. The molecule has 0 aromatic carbocycles. The van der Waals surface area contributed by atoms with Crippen LogP contribution in [-0.2, 0) is 16.1 Å². The first-order chi connectivity index (χ1) is 10.9. The SMILES string of the molecule is CC(=O)OC1CCn2c3c(c(C)c21)C(=O)C(N1CC1)=C(C)C3=O. The molecular weight excluding hydrogens is 296 g/mol. The van der Waals surface area contributed by atoms with Crippen LogP contribution < -0.4 is 0 Å². The van der Waals surface area contributed by atoms with Crippen LogP contribution in [0, 0.1) is 6.92 Å². The fourth-order valence-corrected chi connectivity index (χ4v) is 3.85. The fraction of sp³-hybridized carbons (Fsp3) is 0.471. The second-order valence-electron chi connectivity index (χ2n) is 6.39. The van der Waals surface area contributed by atoms with Crippen molar-refractivity contribution in [2.45, 2.75) is 39.8 Å². The molecule has 23 heavy (non-hydrogen) atoms. The average Bonchev–Trinajstić information content (AvgIpc) is 3.15. The highest BCUT2D eigenvalue weighted by atomic mass is 16.5. The van der Waals surface area contributed by atoms with E-state index in [2.05, 4.69) is 0 Å². The molecule has 4 rings (SSSR count). The maximum absolute atomic E-state index is 12.9. The van der Waals surface area contributed by atoms with E-state index in [0.717, 1.165) is 24.3 Å². The lowest BCUT2D eigenvalue weighted by atomic mass is 9.90. The lowest BCUT2D eigenvalue weighted by Crippen LogP contribution is -2.26. The molecule has 1 aromatic rings. The van der Waals surface area contributed by atoms with E-state index in [-0.39, 0.29) is 23.6 Å². The van der Waals surface area contributed by atoms with E-state index in [1.807, 2.05) is 16.4 Å². The zero-order valence-electron chi connectivity index (χ0n) is 13.4. The molecule has 0 saturated carbocycles. The van der Waals surface area contributed by atoms with Gasteiger partial charge in [-0.15, -0.1) is 0 Å². The van der Waals surface area contributed by atoms with Crippen molar-refractivity contribution in [3.63, 3.8) is 0 Å². The molecule has 0 bridgehead atoms. The minimum absolute atomic E-state index is 0.0735. The van der Waals surface area contributed by atoms with E-state index >= 15 is 0 Å². The first kappa shape index (κ1) is 14.2. The highest BCUT2D eigenvalue weighted by Gasteiger charge is 2.43. The zero-order chi connectivity index (χ0) is 16.5. The van der Waals surface area contributed by atoms with E-state index < -0.39 is 0 Å². The number of aromatic nitrogens is 1. The average molecular weight is 314 g/mol. The number of esters is 1. The Morgan fingerprint density at radius 1 is 1.13 bits per heavy atom. The Hall–Kier alpha value is -2.37. The summed E-state index contributed by atoms with van der Waals surface area (Å²) in [4.78, 5) is 39.0. The number of ether oxygens (including phenoxy) is 1. The van der Waals surface area contributed by atoms with Crippen LogP contribution >= 0.6 is 0 Å². The first-order valence-electron chi connectivity index (χ1n) is 7.87. The van der Waals surface area contributed by atoms with E-state index in [4.69, 9.17) is 4.74 Å². The molecule has 1 aromatic heterocycles. The van der Waals surface area contributed by atoms with E-state index in [9.17, 15) is 14.4 Å². The number of hydrogen-bond acceptors (Lipinski definition) is 5. The van der Waals surface area contributed by atoms with Crippen LogP contribution in [0.15, 0.2) is 11.3 Å². The summed E-state index contributed by atoms with van der Waals surface area (Å²) in [6.45, 7) is 7.19. The molecule has 1 fully saturated rings. The molecule has 0 amide bonds. The minimum atomic E-state index is -0.372. The number of carbonyl (C=O) groups is 3. The lowest BCUT2D eigenvalue weighted by molar-refractivity contribution is -0.146. The van der Waals surface area contributed by atoms with Crippen LogP contribution in [0.1, 0.15) is 58.5 Å². The van der Waals surface area contributed by atoms with Crippen LogP contribution in [0.3, 0.4) is 0 Å². The van der Waals surface area contributed by atoms with Gasteiger partial charge >= 0.3 is 5.97 Å². The fourth-order valence-electron chi connectivity index (χ4n) is 3.85. The Kier molecular flexibility index (Phi) is 2.83. The Morgan fingerprint density at radius 2 is 1.83 bits per heavy atom. The topological polar surface area (TPSA) is 68.4 Å². The molecule has 3 aliphatic rings. The third-order valence-corrected chi connectivity index (χ3v) is 4.90. The summed E-state index contributed by atoms with van der Waals surface area (Å²) in [6, 6.07) is 0. The molecule has 120 valence electrons. The number of allylic oxidation sites excluding steroid dienone is 2. The van der Waals surface area contributed by atoms with Gasteiger partial charge in [0, 0.05) is 38.6 Å². The molecule has 1 saturated heterocycles. The van der Waals surface area contributed by atoms with Crippen LogP contribution in [0.4, 0.5) is 0 Å². The summed E-state index contributed by atoms with van der Waals surface area (Å²) in [5.74, 6) is -0.506. The molecule has 1 aliphatic carbocycles. The molecule has 0 N–H and O–H groups in total. The maximum atomic E-state index is 12.9. The van der Waals surface area contributed by atoms with E-state index in [1.54, 1.807) is 6.92 Å². The van der Waals surface area contributed by atoms with Gasteiger partial charge in [0.25, 0.3) is 0 Å². The highest BCUT2D eigenvalue weighted by Crippen LogP contribution is 2.42. The van der Waals surface area contributed by atoms with Crippen LogP contribution in [0.2, 0.25) is 0 Å². The predicted octanol–water partition coefficient (Wildman–Crippen LogP) is 1.77. The summed E-state index contributed by atoms with van der Waals surface area (Å²) in [7, 11) is 0. The van der Waals surface area contributed by atoms with Gasteiger partial charge in [0.15, 0.2) is 0 Å². The number of Topliss-reactive ketones (excluding diaryl/α,β-unsaturated/α-hetero) is 2.